The van der Waals surface area contributed by atoms with Crippen LogP contribution in [0.15, 0.2) is 60.7 Å². The summed E-state index contributed by atoms with van der Waals surface area (Å²) in [6.45, 7) is 4.40. The second-order valence-electron chi connectivity index (χ2n) is 9.78. The molecule has 3 aromatic rings. The minimum absolute atomic E-state index is 0.151. The molecule has 1 unspecified atom stereocenters. The van der Waals surface area contributed by atoms with Gasteiger partial charge in [0.1, 0.15) is 17.1 Å². The maximum absolute atomic E-state index is 13.8. The van der Waals surface area contributed by atoms with Crippen molar-refractivity contribution in [3.8, 4) is 0 Å². The molecule has 3 N–H and O–H groups in total. The highest BCUT2D eigenvalue weighted by atomic mass is 35.5. The highest BCUT2D eigenvalue weighted by Gasteiger charge is 2.23. The largest absolute Gasteiger partial charge is 0.368 e. The summed E-state index contributed by atoms with van der Waals surface area (Å²) in [5.74, 6) is -2.99. The highest BCUT2D eigenvalue weighted by Crippen LogP contribution is 2.29. The summed E-state index contributed by atoms with van der Waals surface area (Å²) in [4.78, 5) is 42.3. The molecule has 4 amide bonds. The van der Waals surface area contributed by atoms with E-state index in [-0.39, 0.29) is 22.8 Å². The molecule has 4 rings (SSSR count). The molecule has 8 nitrogen and oxygen atoms in total. The van der Waals surface area contributed by atoms with E-state index in [0.717, 1.165) is 17.7 Å². The number of nitrogens with zero attached hydrogens (tertiary/aromatic N) is 2. The third kappa shape index (κ3) is 8.33. The topological polar surface area (TPSA) is 93.8 Å². The van der Waals surface area contributed by atoms with Gasteiger partial charge in [-0.3, -0.25) is 9.59 Å². The lowest BCUT2D eigenvalue weighted by Crippen LogP contribution is -2.42. The molecule has 0 bridgehead atoms. The normalized spacial score (nSPS) is 14.1. The number of anilines is 2. The van der Waals surface area contributed by atoms with Crippen LogP contribution >= 0.6 is 23.2 Å². The summed E-state index contributed by atoms with van der Waals surface area (Å²) in [5.41, 5.74) is 1.03. The van der Waals surface area contributed by atoms with Crippen molar-refractivity contribution in [2.75, 3.05) is 42.9 Å². The fraction of sp³-hybridized carbons (Fsp3) is 0.300. The number of urea groups is 1. The molecule has 12 heteroatoms. The van der Waals surface area contributed by atoms with Gasteiger partial charge in [-0.2, -0.15) is 0 Å². The van der Waals surface area contributed by atoms with E-state index in [0.29, 0.717) is 62.3 Å². The number of carbonyl (C=O) groups excluding carboxylic acids is 3. The minimum atomic E-state index is -0.889. The van der Waals surface area contributed by atoms with E-state index in [2.05, 4.69) is 16.0 Å². The van der Waals surface area contributed by atoms with Gasteiger partial charge in [-0.1, -0.05) is 35.3 Å². The van der Waals surface area contributed by atoms with Gasteiger partial charge in [0.15, 0.2) is 0 Å². The van der Waals surface area contributed by atoms with E-state index in [1.165, 1.54) is 6.07 Å². The number of benzene rings is 3. The lowest BCUT2D eigenvalue weighted by molar-refractivity contribution is 0.0947. The van der Waals surface area contributed by atoms with Crippen molar-refractivity contribution in [1.82, 2.24) is 15.5 Å². The molecule has 0 radical (unpaired) electrons. The lowest BCUT2D eigenvalue weighted by Gasteiger charge is -2.26. The average Bonchev–Trinajstić information content (AvgIpc) is 3.20. The van der Waals surface area contributed by atoms with Crippen molar-refractivity contribution in [2.45, 2.75) is 25.3 Å². The molecule has 0 aliphatic carbocycles. The maximum atomic E-state index is 13.8. The highest BCUT2D eigenvalue weighted by molar-refractivity contribution is 6.30. The molecule has 222 valence electrons. The van der Waals surface area contributed by atoms with Crippen LogP contribution < -0.4 is 20.9 Å². The Morgan fingerprint density at radius 2 is 1.60 bits per heavy atom. The van der Waals surface area contributed by atoms with Crippen LogP contribution in [0.5, 0.6) is 0 Å². The summed E-state index contributed by atoms with van der Waals surface area (Å²) < 4.78 is 27.7. The van der Waals surface area contributed by atoms with Crippen LogP contribution in [0.3, 0.4) is 0 Å². The summed E-state index contributed by atoms with van der Waals surface area (Å²) in [6.07, 6.45) is 1.02. The van der Waals surface area contributed by atoms with Crippen molar-refractivity contribution in [2.24, 2.45) is 0 Å². The first-order valence-electron chi connectivity index (χ1n) is 13.5. The van der Waals surface area contributed by atoms with Gasteiger partial charge in [0, 0.05) is 61.4 Å². The molecular formula is C30H31Cl2F2N5O3. The molecule has 1 heterocycles. The Hall–Kier alpha value is -3.89. The van der Waals surface area contributed by atoms with Crippen LogP contribution in [0.2, 0.25) is 5.02 Å². The minimum Gasteiger partial charge on any atom is -0.368 e. The SMILES string of the molecule is CCNC(=O)N1CCCN(c2ccc(C(=O)NC(Cl)Cc3ccc(Cl)cc3)cc2NC(=O)c2cc(F)cc(F)c2)CC1. The first-order valence-corrected chi connectivity index (χ1v) is 14.3. The second kappa shape index (κ2) is 14.3. The van der Waals surface area contributed by atoms with Gasteiger partial charge < -0.3 is 25.8 Å². The van der Waals surface area contributed by atoms with E-state index in [1.807, 2.05) is 24.0 Å². The monoisotopic (exact) mass is 617 g/mol. The number of carbonyl (C=O) groups is 3. The van der Waals surface area contributed by atoms with Crippen LogP contribution in [-0.2, 0) is 6.42 Å². The number of hydrogen-bond acceptors (Lipinski definition) is 4. The van der Waals surface area contributed by atoms with Gasteiger partial charge in [-0.15, -0.1) is 0 Å². The standard InChI is InChI=1S/C30H31Cl2F2N5O3/c1-2-35-30(42)39-11-3-10-38(12-13-39)26-9-6-20(28(40)37-27(32)14-19-4-7-22(31)8-5-19)17-25(26)36-29(41)21-15-23(33)18-24(34)16-21/h4-9,15-18,27H,2-3,10-14H2,1H3,(H,35,42)(H,36,41)(H,37,40). The van der Waals surface area contributed by atoms with Gasteiger partial charge >= 0.3 is 6.03 Å². The molecule has 1 atom stereocenters. The van der Waals surface area contributed by atoms with Crippen molar-refractivity contribution < 1.29 is 23.2 Å². The number of rotatable bonds is 8. The quantitative estimate of drug-likeness (QED) is 0.225. The molecule has 1 aliphatic rings. The smallest absolute Gasteiger partial charge is 0.317 e. The third-order valence-electron chi connectivity index (χ3n) is 6.70. The summed E-state index contributed by atoms with van der Waals surface area (Å²) in [5, 5.41) is 8.85. The van der Waals surface area contributed by atoms with Crippen LogP contribution in [0, 0.1) is 11.6 Å². The molecule has 0 aromatic heterocycles. The molecule has 0 saturated carbocycles. The van der Waals surface area contributed by atoms with Crippen LogP contribution in [0.1, 0.15) is 39.6 Å². The zero-order valence-corrected chi connectivity index (χ0v) is 24.4. The van der Waals surface area contributed by atoms with Gasteiger partial charge in [-0.05, 0) is 61.4 Å². The first kappa shape index (κ1) is 31.1. The van der Waals surface area contributed by atoms with E-state index in [1.54, 1.807) is 29.2 Å². The van der Waals surface area contributed by atoms with Crippen molar-refractivity contribution >= 4 is 52.4 Å². The molecule has 1 fully saturated rings. The van der Waals surface area contributed by atoms with Gasteiger partial charge in [0.05, 0.1) is 11.4 Å². The Labute approximate surface area is 253 Å². The number of nitrogens with one attached hydrogen (secondary N) is 3. The van der Waals surface area contributed by atoms with Crippen molar-refractivity contribution in [3.05, 3.63) is 94.0 Å². The number of amides is 4. The number of halogens is 4. The van der Waals surface area contributed by atoms with Gasteiger partial charge in [0.25, 0.3) is 11.8 Å². The summed E-state index contributed by atoms with van der Waals surface area (Å²) >= 11 is 12.4. The first-order chi connectivity index (χ1) is 20.1. The number of hydrogen-bond donors (Lipinski definition) is 3. The maximum Gasteiger partial charge on any atom is 0.317 e. The summed E-state index contributed by atoms with van der Waals surface area (Å²) in [6, 6.07) is 14.3. The van der Waals surface area contributed by atoms with Gasteiger partial charge in [-0.25, -0.2) is 13.6 Å². The molecule has 42 heavy (non-hydrogen) atoms. The Bertz CT molecular complexity index is 1420. The fourth-order valence-electron chi connectivity index (χ4n) is 4.66. The zero-order valence-electron chi connectivity index (χ0n) is 22.9. The Balaban J connectivity index is 1.57. The molecule has 3 aromatic carbocycles. The van der Waals surface area contributed by atoms with E-state index < -0.39 is 28.9 Å². The predicted molar refractivity (Wildman–Crippen MR) is 160 cm³/mol. The second-order valence-corrected chi connectivity index (χ2v) is 10.7. The van der Waals surface area contributed by atoms with E-state index in [9.17, 15) is 23.2 Å². The van der Waals surface area contributed by atoms with Crippen LogP contribution in [0.4, 0.5) is 25.0 Å². The fourth-order valence-corrected chi connectivity index (χ4v) is 5.06. The predicted octanol–water partition coefficient (Wildman–Crippen LogP) is 5.65. The Morgan fingerprint density at radius 3 is 2.29 bits per heavy atom. The molecule has 1 aliphatic heterocycles. The van der Waals surface area contributed by atoms with Crippen LogP contribution in [-0.4, -0.2) is 61.0 Å². The molecular weight excluding hydrogens is 587 g/mol. The van der Waals surface area contributed by atoms with Crippen molar-refractivity contribution in [3.63, 3.8) is 0 Å². The Kier molecular flexibility index (Phi) is 10.6. The van der Waals surface area contributed by atoms with E-state index >= 15 is 0 Å². The van der Waals surface area contributed by atoms with E-state index in [4.69, 9.17) is 23.2 Å². The summed E-state index contributed by atoms with van der Waals surface area (Å²) in [7, 11) is 0. The molecule has 1 saturated heterocycles. The van der Waals surface area contributed by atoms with Gasteiger partial charge in [0.2, 0.25) is 0 Å². The average molecular weight is 619 g/mol. The molecule has 0 spiro atoms. The lowest BCUT2D eigenvalue weighted by atomic mass is 10.1. The zero-order chi connectivity index (χ0) is 30.2. The van der Waals surface area contributed by atoms with Crippen molar-refractivity contribution in [1.29, 1.82) is 0 Å². The third-order valence-corrected chi connectivity index (χ3v) is 7.21. The number of alkyl halides is 1. The Morgan fingerprint density at radius 1 is 0.881 bits per heavy atom. The van der Waals surface area contributed by atoms with Crippen LogP contribution in [0.25, 0.3) is 0 Å².